The van der Waals surface area contributed by atoms with Gasteiger partial charge in [0.25, 0.3) is 0 Å². The minimum atomic E-state index is -0.421. The molecule has 0 saturated heterocycles. The van der Waals surface area contributed by atoms with Gasteiger partial charge in [0, 0.05) is 11.6 Å². The third-order valence-corrected chi connectivity index (χ3v) is 2.04. The highest BCUT2D eigenvalue weighted by atomic mass is 16.5. The van der Waals surface area contributed by atoms with Gasteiger partial charge in [0.05, 0.1) is 26.9 Å². The molecule has 1 aromatic rings. The molecule has 0 saturated carbocycles. The van der Waals surface area contributed by atoms with Crippen LogP contribution in [0.3, 0.4) is 0 Å². The number of hydrogen-bond acceptors (Lipinski definition) is 4. The van der Waals surface area contributed by atoms with E-state index in [1.54, 1.807) is 32.4 Å². The summed E-state index contributed by atoms with van der Waals surface area (Å²) < 4.78 is 10.2. The van der Waals surface area contributed by atoms with E-state index < -0.39 is 6.04 Å². The van der Waals surface area contributed by atoms with Gasteiger partial charge in [0.15, 0.2) is 0 Å². The van der Waals surface area contributed by atoms with Gasteiger partial charge in [0.1, 0.15) is 11.5 Å². The summed E-state index contributed by atoms with van der Waals surface area (Å²) in [5.41, 5.74) is 6.47. The first-order valence-corrected chi connectivity index (χ1v) is 4.31. The van der Waals surface area contributed by atoms with Crippen molar-refractivity contribution >= 4 is 0 Å². The first-order chi connectivity index (χ1) is 6.72. The Labute approximate surface area is 83.3 Å². The molecular weight excluding hydrogens is 182 g/mol. The normalized spacial score (nSPS) is 12.3. The Kier molecular flexibility index (Phi) is 3.73. The van der Waals surface area contributed by atoms with Gasteiger partial charge in [-0.05, 0) is 12.1 Å². The third kappa shape index (κ3) is 2.16. The highest BCUT2D eigenvalue weighted by Gasteiger charge is 2.11. The van der Waals surface area contributed by atoms with Crippen molar-refractivity contribution in [1.82, 2.24) is 0 Å². The molecule has 1 aromatic carbocycles. The number of nitrogens with two attached hydrogens (primary N) is 1. The molecule has 0 amide bonds. The van der Waals surface area contributed by atoms with E-state index in [-0.39, 0.29) is 6.61 Å². The maximum atomic E-state index is 8.92. The minimum Gasteiger partial charge on any atom is -0.497 e. The van der Waals surface area contributed by atoms with Crippen LogP contribution in [0, 0.1) is 0 Å². The highest BCUT2D eigenvalue weighted by Crippen LogP contribution is 2.27. The summed E-state index contributed by atoms with van der Waals surface area (Å²) in [5, 5.41) is 8.92. The van der Waals surface area contributed by atoms with Crippen molar-refractivity contribution in [2.45, 2.75) is 6.04 Å². The zero-order valence-electron chi connectivity index (χ0n) is 8.36. The van der Waals surface area contributed by atoms with Gasteiger partial charge in [-0.1, -0.05) is 0 Å². The number of methoxy groups -OCH3 is 2. The minimum absolute atomic E-state index is 0.108. The van der Waals surface area contributed by atoms with E-state index in [0.29, 0.717) is 11.5 Å². The van der Waals surface area contributed by atoms with Gasteiger partial charge in [-0.3, -0.25) is 0 Å². The number of ether oxygens (including phenoxy) is 2. The smallest absolute Gasteiger partial charge is 0.127 e. The molecule has 0 fully saturated rings. The van der Waals surface area contributed by atoms with E-state index in [4.69, 9.17) is 20.3 Å². The summed E-state index contributed by atoms with van der Waals surface area (Å²) in [7, 11) is 3.14. The number of hydrogen-bond donors (Lipinski definition) is 2. The van der Waals surface area contributed by atoms with Crippen LogP contribution < -0.4 is 15.2 Å². The molecule has 0 aromatic heterocycles. The first-order valence-electron chi connectivity index (χ1n) is 4.31. The zero-order chi connectivity index (χ0) is 10.6. The lowest BCUT2D eigenvalue weighted by Gasteiger charge is -2.14. The second kappa shape index (κ2) is 4.83. The molecule has 0 aliphatic rings. The summed E-state index contributed by atoms with van der Waals surface area (Å²) in [6, 6.07) is 4.90. The van der Waals surface area contributed by atoms with Crippen LogP contribution in [0.4, 0.5) is 0 Å². The number of benzene rings is 1. The Morgan fingerprint density at radius 1 is 1.36 bits per heavy atom. The Morgan fingerprint density at radius 2 is 2.07 bits per heavy atom. The molecule has 4 heteroatoms. The van der Waals surface area contributed by atoms with Crippen molar-refractivity contribution in [1.29, 1.82) is 0 Å². The molecule has 0 aliphatic heterocycles. The maximum absolute atomic E-state index is 8.92. The van der Waals surface area contributed by atoms with Crippen LogP contribution >= 0.6 is 0 Å². The highest BCUT2D eigenvalue weighted by molar-refractivity contribution is 5.42. The van der Waals surface area contributed by atoms with Crippen LogP contribution in [0.25, 0.3) is 0 Å². The molecule has 1 atom stereocenters. The van der Waals surface area contributed by atoms with E-state index in [9.17, 15) is 0 Å². The van der Waals surface area contributed by atoms with E-state index >= 15 is 0 Å². The van der Waals surface area contributed by atoms with E-state index in [2.05, 4.69) is 0 Å². The fourth-order valence-corrected chi connectivity index (χ4v) is 1.22. The molecule has 1 rings (SSSR count). The number of aliphatic hydroxyl groups is 1. The van der Waals surface area contributed by atoms with Crippen LogP contribution in [0.5, 0.6) is 11.5 Å². The van der Waals surface area contributed by atoms with Gasteiger partial charge in [-0.2, -0.15) is 0 Å². The molecule has 0 radical (unpaired) electrons. The van der Waals surface area contributed by atoms with Crippen LogP contribution in [0.2, 0.25) is 0 Å². The van der Waals surface area contributed by atoms with Crippen molar-refractivity contribution in [2.24, 2.45) is 5.73 Å². The molecule has 0 heterocycles. The van der Waals surface area contributed by atoms with E-state index in [0.717, 1.165) is 5.56 Å². The molecule has 1 unspecified atom stereocenters. The molecule has 78 valence electrons. The topological polar surface area (TPSA) is 64.7 Å². The van der Waals surface area contributed by atoms with Crippen LogP contribution in [0.1, 0.15) is 11.6 Å². The summed E-state index contributed by atoms with van der Waals surface area (Å²) in [5.74, 6) is 1.33. The number of rotatable bonds is 4. The van der Waals surface area contributed by atoms with Crippen LogP contribution in [-0.2, 0) is 0 Å². The Bertz CT molecular complexity index is 301. The quantitative estimate of drug-likeness (QED) is 0.745. The average Bonchev–Trinajstić information content (AvgIpc) is 2.27. The average molecular weight is 197 g/mol. The summed E-state index contributed by atoms with van der Waals surface area (Å²) in [6.07, 6.45) is 0. The fourth-order valence-electron chi connectivity index (χ4n) is 1.22. The third-order valence-electron chi connectivity index (χ3n) is 2.04. The molecule has 0 aliphatic carbocycles. The molecule has 0 spiro atoms. The van der Waals surface area contributed by atoms with Crippen LogP contribution in [-0.4, -0.2) is 25.9 Å². The van der Waals surface area contributed by atoms with Crippen molar-refractivity contribution < 1.29 is 14.6 Å². The predicted octanol–water partition coefficient (Wildman–Crippen LogP) is 0.696. The van der Waals surface area contributed by atoms with Crippen molar-refractivity contribution in [2.75, 3.05) is 20.8 Å². The molecule has 0 bridgehead atoms. The fraction of sp³-hybridized carbons (Fsp3) is 0.400. The maximum Gasteiger partial charge on any atom is 0.127 e. The van der Waals surface area contributed by atoms with E-state index in [1.807, 2.05) is 0 Å². The lowest BCUT2D eigenvalue weighted by molar-refractivity contribution is 0.264. The molecule has 14 heavy (non-hydrogen) atoms. The zero-order valence-corrected chi connectivity index (χ0v) is 8.36. The molecular formula is C10H15NO3. The first kappa shape index (κ1) is 10.8. The Balaban J connectivity index is 3.04. The van der Waals surface area contributed by atoms with Gasteiger partial charge < -0.3 is 20.3 Å². The van der Waals surface area contributed by atoms with E-state index in [1.165, 1.54) is 0 Å². The van der Waals surface area contributed by atoms with Gasteiger partial charge in [-0.15, -0.1) is 0 Å². The lowest BCUT2D eigenvalue weighted by atomic mass is 10.1. The van der Waals surface area contributed by atoms with Crippen molar-refractivity contribution in [3.63, 3.8) is 0 Å². The molecule has 4 nitrogen and oxygen atoms in total. The lowest BCUT2D eigenvalue weighted by Crippen LogP contribution is -2.15. The van der Waals surface area contributed by atoms with Crippen LogP contribution in [0.15, 0.2) is 18.2 Å². The summed E-state index contributed by atoms with van der Waals surface area (Å²) in [4.78, 5) is 0. The SMILES string of the molecule is COc1ccc(C(N)CO)c(OC)c1. The Hall–Kier alpha value is -1.26. The van der Waals surface area contributed by atoms with Crippen molar-refractivity contribution in [3.05, 3.63) is 23.8 Å². The standard InChI is InChI=1S/C10H15NO3/c1-13-7-3-4-8(9(11)6-12)10(5-7)14-2/h3-5,9,12H,6,11H2,1-2H3. The van der Waals surface area contributed by atoms with Gasteiger partial charge >= 0.3 is 0 Å². The monoisotopic (exact) mass is 197 g/mol. The second-order valence-corrected chi connectivity index (χ2v) is 2.90. The largest absolute Gasteiger partial charge is 0.497 e. The van der Waals surface area contributed by atoms with Crippen molar-refractivity contribution in [3.8, 4) is 11.5 Å². The van der Waals surface area contributed by atoms with Gasteiger partial charge in [0.2, 0.25) is 0 Å². The second-order valence-electron chi connectivity index (χ2n) is 2.90. The molecule has 3 N–H and O–H groups in total. The Morgan fingerprint density at radius 3 is 2.57 bits per heavy atom. The number of aliphatic hydroxyl groups excluding tert-OH is 1. The van der Waals surface area contributed by atoms with Gasteiger partial charge in [-0.25, -0.2) is 0 Å². The predicted molar refractivity (Wildman–Crippen MR) is 53.6 cm³/mol. The summed E-state index contributed by atoms with van der Waals surface area (Å²) in [6.45, 7) is -0.108. The summed E-state index contributed by atoms with van der Waals surface area (Å²) >= 11 is 0.